The fourth-order valence-corrected chi connectivity index (χ4v) is 3.59. The summed E-state index contributed by atoms with van der Waals surface area (Å²) in [4.78, 5) is 14.0. The van der Waals surface area contributed by atoms with E-state index < -0.39 is 5.97 Å². The van der Waals surface area contributed by atoms with Crippen molar-refractivity contribution in [3.63, 3.8) is 0 Å². The molecule has 1 rings (SSSR count). The number of carboxylic acids is 1. The van der Waals surface area contributed by atoms with Gasteiger partial charge in [0.05, 0.1) is 5.92 Å². The standard InChI is InChI=1S/C17H33NO2/c1-7-18(11-12(2)3)15-10-13(17(4,5)6)8-9-14(15)16(19)20/h12-15H,7-11H2,1-6H3,(H,19,20). The Kier molecular flexibility index (Phi) is 6.06. The minimum atomic E-state index is -0.607. The van der Waals surface area contributed by atoms with Crippen LogP contribution in [0.15, 0.2) is 0 Å². The van der Waals surface area contributed by atoms with Gasteiger partial charge in [-0.3, -0.25) is 9.69 Å². The van der Waals surface area contributed by atoms with Gasteiger partial charge < -0.3 is 5.11 Å². The van der Waals surface area contributed by atoms with E-state index >= 15 is 0 Å². The molecule has 3 nitrogen and oxygen atoms in total. The normalized spacial score (nSPS) is 28.1. The maximum Gasteiger partial charge on any atom is 0.308 e. The Morgan fingerprint density at radius 3 is 2.30 bits per heavy atom. The Bertz CT molecular complexity index is 319. The van der Waals surface area contributed by atoms with Crippen molar-refractivity contribution in [1.82, 2.24) is 4.90 Å². The summed E-state index contributed by atoms with van der Waals surface area (Å²) in [6.07, 6.45) is 2.91. The van der Waals surface area contributed by atoms with E-state index in [0.29, 0.717) is 11.8 Å². The quantitative estimate of drug-likeness (QED) is 0.832. The van der Waals surface area contributed by atoms with Gasteiger partial charge in [-0.05, 0) is 43.1 Å². The fraction of sp³-hybridized carbons (Fsp3) is 0.941. The summed E-state index contributed by atoms with van der Waals surface area (Å²) in [6, 6.07) is 0.206. The number of carbonyl (C=O) groups is 1. The zero-order valence-electron chi connectivity index (χ0n) is 14.1. The maximum atomic E-state index is 11.6. The molecule has 1 N–H and O–H groups in total. The summed E-state index contributed by atoms with van der Waals surface area (Å²) in [5.74, 6) is 0.417. The Hall–Kier alpha value is -0.570. The lowest BCUT2D eigenvalue weighted by Gasteiger charge is -2.45. The summed E-state index contributed by atoms with van der Waals surface area (Å²) in [6.45, 7) is 15.4. The van der Waals surface area contributed by atoms with Crippen LogP contribution in [0.3, 0.4) is 0 Å². The molecule has 0 amide bonds. The van der Waals surface area contributed by atoms with Crippen molar-refractivity contribution < 1.29 is 9.90 Å². The Morgan fingerprint density at radius 2 is 1.90 bits per heavy atom. The number of rotatable bonds is 5. The molecule has 0 saturated heterocycles. The molecule has 3 unspecified atom stereocenters. The van der Waals surface area contributed by atoms with Gasteiger partial charge >= 0.3 is 5.97 Å². The zero-order chi connectivity index (χ0) is 15.5. The van der Waals surface area contributed by atoms with Gasteiger partial charge in [-0.1, -0.05) is 41.5 Å². The lowest BCUT2D eigenvalue weighted by molar-refractivity contribution is -0.147. The molecule has 3 heteroatoms. The van der Waals surface area contributed by atoms with Gasteiger partial charge in [0, 0.05) is 12.6 Å². The second-order valence-electron chi connectivity index (χ2n) is 7.87. The second kappa shape index (κ2) is 6.93. The lowest BCUT2D eigenvalue weighted by atomic mass is 9.67. The zero-order valence-corrected chi connectivity index (χ0v) is 14.1. The first-order valence-corrected chi connectivity index (χ1v) is 8.13. The van der Waals surface area contributed by atoms with Crippen molar-refractivity contribution >= 4 is 5.97 Å². The number of hydrogen-bond acceptors (Lipinski definition) is 2. The molecule has 118 valence electrons. The van der Waals surface area contributed by atoms with Gasteiger partial charge in [-0.2, -0.15) is 0 Å². The van der Waals surface area contributed by atoms with Crippen LogP contribution < -0.4 is 0 Å². The van der Waals surface area contributed by atoms with Crippen LogP contribution in [-0.2, 0) is 4.79 Å². The first-order valence-electron chi connectivity index (χ1n) is 8.13. The van der Waals surface area contributed by atoms with Gasteiger partial charge in [0.15, 0.2) is 0 Å². The van der Waals surface area contributed by atoms with Crippen molar-refractivity contribution in [2.75, 3.05) is 13.1 Å². The van der Waals surface area contributed by atoms with Gasteiger partial charge in [0.25, 0.3) is 0 Å². The fourth-order valence-electron chi connectivity index (χ4n) is 3.59. The molecular formula is C17H33NO2. The van der Waals surface area contributed by atoms with E-state index in [2.05, 4.69) is 46.4 Å². The molecule has 0 heterocycles. The van der Waals surface area contributed by atoms with E-state index in [9.17, 15) is 9.90 Å². The monoisotopic (exact) mass is 283 g/mol. The van der Waals surface area contributed by atoms with Gasteiger partial charge in [-0.25, -0.2) is 0 Å². The van der Waals surface area contributed by atoms with Gasteiger partial charge in [-0.15, -0.1) is 0 Å². The van der Waals surface area contributed by atoms with Crippen molar-refractivity contribution in [3.05, 3.63) is 0 Å². The van der Waals surface area contributed by atoms with E-state index in [1.165, 1.54) is 0 Å². The summed E-state index contributed by atoms with van der Waals surface area (Å²) in [7, 11) is 0. The van der Waals surface area contributed by atoms with Crippen LogP contribution in [0.2, 0.25) is 0 Å². The van der Waals surface area contributed by atoms with Crippen LogP contribution in [0.5, 0.6) is 0 Å². The first-order chi connectivity index (χ1) is 9.16. The number of hydrogen-bond donors (Lipinski definition) is 1. The third-order valence-electron chi connectivity index (χ3n) is 4.83. The molecule has 0 aromatic carbocycles. The SMILES string of the molecule is CCN(CC(C)C)C1CC(C(C)(C)C)CCC1C(=O)O. The molecule has 1 aliphatic carbocycles. The van der Waals surface area contributed by atoms with E-state index in [4.69, 9.17) is 0 Å². The molecule has 1 fully saturated rings. The average molecular weight is 283 g/mol. The molecule has 0 aromatic heterocycles. The summed E-state index contributed by atoms with van der Waals surface area (Å²) in [5.41, 5.74) is 0.277. The highest BCUT2D eigenvalue weighted by Gasteiger charge is 2.41. The highest BCUT2D eigenvalue weighted by atomic mass is 16.4. The van der Waals surface area contributed by atoms with Crippen LogP contribution in [0.4, 0.5) is 0 Å². The molecule has 0 aromatic rings. The second-order valence-corrected chi connectivity index (χ2v) is 7.87. The Labute approximate surface area is 124 Å². The maximum absolute atomic E-state index is 11.6. The van der Waals surface area contributed by atoms with Crippen molar-refractivity contribution in [2.24, 2.45) is 23.2 Å². The largest absolute Gasteiger partial charge is 0.481 e. The Balaban J connectivity index is 2.90. The molecule has 20 heavy (non-hydrogen) atoms. The van der Waals surface area contributed by atoms with E-state index in [-0.39, 0.29) is 17.4 Å². The lowest BCUT2D eigenvalue weighted by Crippen LogP contribution is -2.49. The first kappa shape index (κ1) is 17.5. The Morgan fingerprint density at radius 1 is 1.30 bits per heavy atom. The van der Waals surface area contributed by atoms with E-state index in [0.717, 1.165) is 32.4 Å². The van der Waals surface area contributed by atoms with Crippen LogP contribution in [0, 0.1) is 23.2 Å². The number of carboxylic acid groups (broad SMARTS) is 1. The van der Waals surface area contributed by atoms with Crippen molar-refractivity contribution in [3.8, 4) is 0 Å². The molecule has 1 aliphatic rings. The average Bonchev–Trinajstić information content (AvgIpc) is 2.33. The number of nitrogens with zero attached hydrogens (tertiary/aromatic N) is 1. The molecule has 0 radical (unpaired) electrons. The summed E-state index contributed by atoms with van der Waals surface area (Å²) in [5, 5.41) is 9.55. The molecular weight excluding hydrogens is 250 g/mol. The van der Waals surface area contributed by atoms with Gasteiger partial charge in [0.2, 0.25) is 0 Å². The smallest absolute Gasteiger partial charge is 0.308 e. The van der Waals surface area contributed by atoms with Crippen molar-refractivity contribution in [2.45, 2.75) is 66.8 Å². The highest BCUT2D eigenvalue weighted by molar-refractivity contribution is 5.71. The topological polar surface area (TPSA) is 40.5 Å². The van der Waals surface area contributed by atoms with E-state index in [1.807, 2.05) is 0 Å². The van der Waals surface area contributed by atoms with E-state index in [1.54, 1.807) is 0 Å². The van der Waals surface area contributed by atoms with Crippen LogP contribution in [0.25, 0.3) is 0 Å². The predicted octanol–water partition coefficient (Wildman–Crippen LogP) is 3.88. The highest BCUT2D eigenvalue weighted by Crippen LogP contribution is 2.41. The molecule has 1 saturated carbocycles. The van der Waals surface area contributed by atoms with Gasteiger partial charge in [0.1, 0.15) is 0 Å². The molecule has 0 aliphatic heterocycles. The molecule has 0 spiro atoms. The van der Waals surface area contributed by atoms with Crippen LogP contribution >= 0.6 is 0 Å². The summed E-state index contributed by atoms with van der Waals surface area (Å²) >= 11 is 0. The third-order valence-corrected chi connectivity index (χ3v) is 4.83. The number of aliphatic carboxylic acids is 1. The van der Waals surface area contributed by atoms with Crippen LogP contribution in [0.1, 0.15) is 60.8 Å². The predicted molar refractivity (Wildman–Crippen MR) is 83.8 cm³/mol. The molecule has 0 bridgehead atoms. The summed E-state index contributed by atoms with van der Waals surface area (Å²) < 4.78 is 0. The van der Waals surface area contributed by atoms with Crippen LogP contribution in [-0.4, -0.2) is 35.1 Å². The molecule has 3 atom stereocenters. The minimum absolute atomic E-state index is 0.188. The minimum Gasteiger partial charge on any atom is -0.481 e. The third kappa shape index (κ3) is 4.47. The van der Waals surface area contributed by atoms with Crippen molar-refractivity contribution in [1.29, 1.82) is 0 Å².